The highest BCUT2D eigenvalue weighted by Crippen LogP contribution is 2.16. The van der Waals surface area contributed by atoms with Crippen molar-refractivity contribution < 1.29 is 9.59 Å². The van der Waals surface area contributed by atoms with E-state index in [0.29, 0.717) is 5.56 Å². The molecule has 2 rings (SSSR count). The predicted molar refractivity (Wildman–Crippen MR) is 62.2 cm³/mol. The van der Waals surface area contributed by atoms with Gasteiger partial charge in [0.1, 0.15) is 0 Å². The van der Waals surface area contributed by atoms with Crippen LogP contribution in [0, 0.1) is 0 Å². The molecule has 0 unspecified atom stereocenters. The number of hydrogen-bond acceptors (Lipinski definition) is 2. The third-order valence-electron chi connectivity index (χ3n) is 2.19. The lowest BCUT2D eigenvalue weighted by atomic mass is 10.1. The van der Waals surface area contributed by atoms with E-state index in [1.807, 2.05) is 30.3 Å². The van der Waals surface area contributed by atoms with Crippen molar-refractivity contribution in [3.63, 3.8) is 0 Å². The topological polar surface area (TPSA) is 34.1 Å². The highest BCUT2D eigenvalue weighted by Gasteiger charge is 2.12. The van der Waals surface area contributed by atoms with Gasteiger partial charge in [-0.1, -0.05) is 36.4 Å². The molecule has 74 valence electrons. The summed E-state index contributed by atoms with van der Waals surface area (Å²) in [5, 5.41) is 2.01. The van der Waals surface area contributed by atoms with Crippen LogP contribution in [0.25, 0.3) is 10.8 Å². The van der Waals surface area contributed by atoms with Crippen molar-refractivity contribution in [2.24, 2.45) is 0 Å². The lowest BCUT2D eigenvalue weighted by Crippen LogP contribution is -2.06. The number of halogens is 1. The molecule has 0 heterocycles. The van der Waals surface area contributed by atoms with Crippen LogP contribution in [0.2, 0.25) is 0 Å². The first-order valence-electron chi connectivity index (χ1n) is 4.41. The predicted octanol–water partition coefficient (Wildman–Crippen LogP) is 2.94. The van der Waals surface area contributed by atoms with Gasteiger partial charge >= 0.3 is 0 Å². The van der Waals surface area contributed by atoms with Gasteiger partial charge in [0, 0.05) is 21.5 Å². The van der Waals surface area contributed by atoms with Gasteiger partial charge in [0.25, 0.3) is 4.69 Å². The highest BCUT2D eigenvalue weighted by atomic mass is 79.9. The van der Waals surface area contributed by atoms with Crippen molar-refractivity contribution in [3.8, 4) is 0 Å². The van der Waals surface area contributed by atoms with Crippen LogP contribution >= 0.6 is 15.9 Å². The first-order valence-corrected chi connectivity index (χ1v) is 5.21. The fraction of sp³-hybridized carbons (Fsp3) is 0. The number of fused-ring (bicyclic) bond motifs is 1. The minimum Gasteiger partial charge on any atom is -0.284 e. The molecule has 2 aromatic carbocycles. The number of ketones is 1. The highest BCUT2D eigenvalue weighted by molar-refractivity contribution is 9.19. The molecule has 0 aliphatic carbocycles. The van der Waals surface area contributed by atoms with Crippen LogP contribution in [0.15, 0.2) is 42.5 Å². The maximum absolute atomic E-state index is 11.4. The fourth-order valence-corrected chi connectivity index (χ4v) is 1.67. The minimum atomic E-state index is -0.613. The Morgan fingerprint density at radius 2 is 1.60 bits per heavy atom. The molecule has 0 saturated carbocycles. The monoisotopic (exact) mass is 262 g/mol. The Morgan fingerprint density at radius 1 is 0.933 bits per heavy atom. The number of carbonyl (C=O) groups excluding carboxylic acids is 2. The lowest BCUT2D eigenvalue weighted by Gasteiger charge is -1.99. The van der Waals surface area contributed by atoms with Gasteiger partial charge in [-0.25, -0.2) is 0 Å². The van der Waals surface area contributed by atoms with Crippen LogP contribution < -0.4 is 0 Å². The zero-order valence-electron chi connectivity index (χ0n) is 7.74. The molecule has 0 amide bonds. The molecular formula is C12H7BrO2. The lowest BCUT2D eigenvalue weighted by molar-refractivity contribution is -0.106. The van der Waals surface area contributed by atoms with Gasteiger partial charge in [-0.2, -0.15) is 0 Å². The molecule has 2 nitrogen and oxygen atoms in total. The van der Waals surface area contributed by atoms with Crippen molar-refractivity contribution in [1.82, 2.24) is 0 Å². The zero-order valence-corrected chi connectivity index (χ0v) is 9.32. The van der Waals surface area contributed by atoms with Gasteiger partial charge < -0.3 is 0 Å². The van der Waals surface area contributed by atoms with Crippen LogP contribution in [-0.4, -0.2) is 10.5 Å². The number of benzene rings is 2. The quantitative estimate of drug-likeness (QED) is 0.474. The van der Waals surface area contributed by atoms with Gasteiger partial charge in [-0.15, -0.1) is 0 Å². The zero-order chi connectivity index (χ0) is 10.8. The molecule has 3 heteroatoms. The van der Waals surface area contributed by atoms with E-state index in [0.717, 1.165) is 10.8 Å². The molecule has 0 fully saturated rings. The average molecular weight is 263 g/mol. The summed E-state index contributed by atoms with van der Waals surface area (Å²) in [7, 11) is 0. The second-order valence-electron chi connectivity index (χ2n) is 3.16. The molecule has 15 heavy (non-hydrogen) atoms. The second-order valence-corrected chi connectivity index (χ2v) is 3.88. The van der Waals surface area contributed by atoms with Gasteiger partial charge in [0.15, 0.2) is 0 Å². The molecule has 0 N–H and O–H groups in total. The number of Topliss-reactive ketones (excluding diaryl/α,β-unsaturated/α-hetero) is 1. The molecular weight excluding hydrogens is 256 g/mol. The molecule has 0 spiro atoms. The van der Waals surface area contributed by atoms with E-state index < -0.39 is 10.5 Å². The first kappa shape index (κ1) is 10.1. The SMILES string of the molecule is O=C(Br)C(=O)c1ccc2ccccc2c1. The Bertz CT molecular complexity index is 546. The standard InChI is InChI=1S/C12H7BrO2/c13-12(15)11(14)10-6-5-8-3-1-2-4-9(8)7-10/h1-7H. The first-order chi connectivity index (χ1) is 7.18. The van der Waals surface area contributed by atoms with Crippen molar-refractivity contribution >= 4 is 37.2 Å². The molecule has 0 radical (unpaired) electrons. The summed E-state index contributed by atoms with van der Waals surface area (Å²) in [6.07, 6.45) is 0. The summed E-state index contributed by atoms with van der Waals surface area (Å²) in [4.78, 5) is 22.2. The summed E-state index contributed by atoms with van der Waals surface area (Å²) in [6, 6.07) is 12.9. The Balaban J connectivity index is 2.56. The maximum Gasteiger partial charge on any atom is 0.268 e. The Labute approximate surface area is 95.0 Å². The smallest absolute Gasteiger partial charge is 0.268 e. The van der Waals surface area contributed by atoms with Crippen LogP contribution in [0.1, 0.15) is 10.4 Å². The van der Waals surface area contributed by atoms with E-state index in [1.54, 1.807) is 12.1 Å². The van der Waals surface area contributed by atoms with E-state index in [9.17, 15) is 9.59 Å². The average Bonchev–Trinajstić information content (AvgIpc) is 2.27. The number of hydrogen-bond donors (Lipinski definition) is 0. The van der Waals surface area contributed by atoms with Crippen molar-refractivity contribution in [1.29, 1.82) is 0 Å². The van der Waals surface area contributed by atoms with E-state index in [2.05, 4.69) is 15.9 Å². The third-order valence-corrected chi connectivity index (χ3v) is 2.55. The van der Waals surface area contributed by atoms with E-state index in [-0.39, 0.29) is 0 Å². The van der Waals surface area contributed by atoms with Crippen LogP contribution in [0.4, 0.5) is 0 Å². The normalized spacial score (nSPS) is 10.2. The molecule has 0 aliphatic rings. The molecule has 0 bridgehead atoms. The summed E-state index contributed by atoms with van der Waals surface area (Å²) in [5.41, 5.74) is 0.413. The summed E-state index contributed by atoms with van der Waals surface area (Å²) >= 11 is 2.65. The number of rotatable bonds is 2. The van der Waals surface area contributed by atoms with Gasteiger partial charge in [0.2, 0.25) is 5.78 Å². The van der Waals surface area contributed by atoms with Crippen LogP contribution in [-0.2, 0) is 4.79 Å². The number of carbonyl (C=O) groups is 2. The summed E-state index contributed by atoms with van der Waals surface area (Å²) < 4.78 is -0.613. The largest absolute Gasteiger partial charge is 0.284 e. The molecule has 0 aromatic heterocycles. The minimum absolute atomic E-state index is 0.413. The molecule has 2 aromatic rings. The van der Waals surface area contributed by atoms with E-state index in [1.165, 1.54) is 0 Å². The van der Waals surface area contributed by atoms with Gasteiger partial charge in [-0.05, 0) is 16.8 Å². The fourth-order valence-electron chi connectivity index (χ4n) is 1.44. The Hall–Kier alpha value is -1.48. The van der Waals surface area contributed by atoms with E-state index >= 15 is 0 Å². The molecule has 0 aliphatic heterocycles. The van der Waals surface area contributed by atoms with Crippen molar-refractivity contribution in [2.75, 3.05) is 0 Å². The Morgan fingerprint density at radius 3 is 2.27 bits per heavy atom. The van der Waals surface area contributed by atoms with Crippen LogP contribution in [0.5, 0.6) is 0 Å². The van der Waals surface area contributed by atoms with Crippen LogP contribution in [0.3, 0.4) is 0 Å². The molecule has 0 saturated heterocycles. The van der Waals surface area contributed by atoms with Crippen molar-refractivity contribution in [2.45, 2.75) is 0 Å². The van der Waals surface area contributed by atoms with Crippen molar-refractivity contribution in [3.05, 3.63) is 48.0 Å². The third kappa shape index (κ3) is 1.97. The van der Waals surface area contributed by atoms with E-state index in [4.69, 9.17) is 0 Å². The summed E-state index contributed by atoms with van der Waals surface area (Å²) in [5.74, 6) is -0.513. The molecule has 0 atom stereocenters. The van der Waals surface area contributed by atoms with Gasteiger partial charge in [-0.3, -0.25) is 9.59 Å². The second kappa shape index (κ2) is 3.95. The Kier molecular flexibility index (Phi) is 2.64. The van der Waals surface area contributed by atoms with Gasteiger partial charge in [0.05, 0.1) is 0 Å². The summed E-state index contributed by atoms with van der Waals surface area (Å²) in [6.45, 7) is 0. The maximum atomic E-state index is 11.4.